The molecule has 3 rings (SSSR count). The summed E-state index contributed by atoms with van der Waals surface area (Å²) in [6.07, 6.45) is 2.46. The Morgan fingerprint density at radius 3 is 2.50 bits per heavy atom. The first-order valence-electron chi connectivity index (χ1n) is 10.9. The van der Waals surface area contributed by atoms with Crippen LogP contribution in [0.3, 0.4) is 0 Å². The molecule has 0 unspecified atom stereocenters. The molecule has 7 nitrogen and oxygen atoms in total. The Kier molecular flexibility index (Phi) is 7.95. The third kappa shape index (κ3) is 6.55. The molecular formula is C24H26ClF2N3O4. The largest absolute Gasteiger partial charge is 0.481 e. The summed E-state index contributed by atoms with van der Waals surface area (Å²) in [5.74, 6) is 1.72. The smallest absolute Gasteiger partial charge is 0.306 e. The monoisotopic (exact) mass is 493 g/mol. The number of rotatable bonds is 6. The number of carbonyl (C=O) groups excluding carboxylic acids is 1. The maximum Gasteiger partial charge on any atom is 0.306 e. The third-order valence-electron chi connectivity index (χ3n) is 5.69. The molecule has 1 aromatic heterocycles. The van der Waals surface area contributed by atoms with E-state index in [1.54, 1.807) is 0 Å². The highest BCUT2D eigenvalue weighted by atomic mass is 35.5. The number of aromatic nitrogens is 2. The molecule has 0 spiro atoms. The number of imidazole rings is 1. The first kappa shape index (κ1) is 25.7. The van der Waals surface area contributed by atoms with Gasteiger partial charge in [-0.3, -0.25) is 9.59 Å². The van der Waals surface area contributed by atoms with Gasteiger partial charge >= 0.3 is 5.97 Å². The molecule has 2 aromatic rings. The third-order valence-corrected chi connectivity index (χ3v) is 5.98. The van der Waals surface area contributed by atoms with Crippen LogP contribution in [0.15, 0.2) is 18.2 Å². The maximum absolute atomic E-state index is 13.7. The molecule has 1 aliphatic rings. The summed E-state index contributed by atoms with van der Waals surface area (Å²) in [6.45, 7) is 3.23. The molecule has 34 heavy (non-hydrogen) atoms. The molecular weight excluding hydrogens is 468 g/mol. The van der Waals surface area contributed by atoms with Gasteiger partial charge in [0.2, 0.25) is 5.28 Å². The van der Waals surface area contributed by atoms with E-state index in [9.17, 15) is 23.5 Å². The van der Waals surface area contributed by atoms with Crippen molar-refractivity contribution in [2.45, 2.75) is 51.7 Å². The Morgan fingerprint density at radius 2 is 1.91 bits per heavy atom. The number of hydrogen-bond donors (Lipinski definition) is 3. The van der Waals surface area contributed by atoms with Crippen molar-refractivity contribution >= 4 is 23.5 Å². The van der Waals surface area contributed by atoms with E-state index >= 15 is 0 Å². The Balaban J connectivity index is 1.84. The van der Waals surface area contributed by atoms with Crippen molar-refractivity contribution in [1.29, 1.82) is 0 Å². The van der Waals surface area contributed by atoms with Crippen LogP contribution in [0.4, 0.5) is 8.78 Å². The number of carboxylic acid groups (broad SMARTS) is 1. The van der Waals surface area contributed by atoms with E-state index in [0.29, 0.717) is 37.8 Å². The SMILES string of the molecule is CC(C)(O)C#Cc1nc(Cl)n(Cc2ccc(F)c(F)c2)c1C(=O)NCC1CCC(C(=O)O)CC1. The van der Waals surface area contributed by atoms with Crippen molar-refractivity contribution < 1.29 is 28.6 Å². The summed E-state index contributed by atoms with van der Waals surface area (Å²) in [6, 6.07) is 3.37. The number of carboxylic acids is 1. The van der Waals surface area contributed by atoms with Gasteiger partial charge in [0.25, 0.3) is 5.91 Å². The molecule has 1 saturated carbocycles. The highest BCUT2D eigenvalue weighted by Crippen LogP contribution is 2.28. The van der Waals surface area contributed by atoms with Crippen LogP contribution < -0.4 is 5.32 Å². The topological polar surface area (TPSA) is 104 Å². The second-order valence-electron chi connectivity index (χ2n) is 8.99. The van der Waals surface area contributed by atoms with E-state index in [-0.39, 0.29) is 35.1 Å². The Hall–Kier alpha value is -2.96. The molecule has 182 valence electrons. The fraction of sp³-hybridized carbons (Fsp3) is 0.458. The minimum Gasteiger partial charge on any atom is -0.481 e. The molecule has 3 N–H and O–H groups in total. The summed E-state index contributed by atoms with van der Waals surface area (Å²) in [5.41, 5.74) is -0.902. The van der Waals surface area contributed by atoms with Crippen LogP contribution in [-0.2, 0) is 11.3 Å². The van der Waals surface area contributed by atoms with Gasteiger partial charge in [-0.25, -0.2) is 13.8 Å². The molecule has 10 heteroatoms. The van der Waals surface area contributed by atoms with E-state index in [0.717, 1.165) is 12.1 Å². The fourth-order valence-corrected chi connectivity index (χ4v) is 4.08. The number of nitrogens with one attached hydrogen (secondary N) is 1. The van der Waals surface area contributed by atoms with Crippen LogP contribution in [0, 0.1) is 35.3 Å². The predicted molar refractivity (Wildman–Crippen MR) is 121 cm³/mol. The van der Waals surface area contributed by atoms with Crippen LogP contribution in [0.1, 0.15) is 61.3 Å². The number of amides is 1. The number of benzene rings is 1. The molecule has 0 saturated heterocycles. The van der Waals surface area contributed by atoms with E-state index in [1.165, 1.54) is 24.5 Å². The van der Waals surface area contributed by atoms with Gasteiger partial charge in [0, 0.05) is 6.54 Å². The van der Waals surface area contributed by atoms with Crippen molar-refractivity contribution in [3.8, 4) is 11.8 Å². The van der Waals surface area contributed by atoms with Crippen molar-refractivity contribution in [2.75, 3.05) is 6.54 Å². The van der Waals surface area contributed by atoms with Crippen molar-refractivity contribution in [3.05, 3.63) is 52.1 Å². The lowest BCUT2D eigenvalue weighted by atomic mass is 9.82. The second kappa shape index (κ2) is 10.5. The van der Waals surface area contributed by atoms with Gasteiger partial charge in [-0.15, -0.1) is 0 Å². The standard InChI is InChI=1S/C24H26ClF2N3O4/c1-24(2,34)10-9-19-20(21(31)28-12-14-3-6-16(7-4-14)22(32)33)30(23(25)29-19)13-15-5-8-17(26)18(27)11-15/h5,8,11,14,16,34H,3-4,6-7,12-13H2,1-2H3,(H,28,31)(H,32,33). The Bertz CT molecular complexity index is 1140. The minimum atomic E-state index is -1.34. The highest BCUT2D eigenvalue weighted by molar-refractivity contribution is 6.29. The quantitative estimate of drug-likeness (QED) is 0.533. The molecule has 1 fully saturated rings. The molecule has 0 bridgehead atoms. The van der Waals surface area contributed by atoms with Gasteiger partial charge in [-0.05, 0) is 80.7 Å². The molecule has 1 aliphatic carbocycles. The zero-order valence-electron chi connectivity index (χ0n) is 18.9. The number of carbonyl (C=O) groups is 2. The zero-order valence-corrected chi connectivity index (χ0v) is 19.6. The predicted octanol–water partition coefficient (Wildman–Crippen LogP) is 3.61. The minimum absolute atomic E-state index is 0.0331. The fourth-order valence-electron chi connectivity index (χ4n) is 3.85. The summed E-state index contributed by atoms with van der Waals surface area (Å²) in [4.78, 5) is 28.5. The second-order valence-corrected chi connectivity index (χ2v) is 9.33. The lowest BCUT2D eigenvalue weighted by molar-refractivity contribution is -0.143. The van der Waals surface area contributed by atoms with Crippen LogP contribution in [-0.4, -0.2) is 43.8 Å². The van der Waals surface area contributed by atoms with Crippen LogP contribution >= 0.6 is 11.6 Å². The summed E-state index contributed by atoms with van der Waals surface area (Å²) in [7, 11) is 0. The molecule has 0 atom stereocenters. The number of halogens is 3. The van der Waals surface area contributed by atoms with E-state index in [1.807, 2.05) is 0 Å². The van der Waals surface area contributed by atoms with Crippen LogP contribution in [0.25, 0.3) is 0 Å². The number of hydrogen-bond acceptors (Lipinski definition) is 4. The molecule has 0 radical (unpaired) electrons. The lowest BCUT2D eigenvalue weighted by Crippen LogP contribution is -2.34. The number of aliphatic hydroxyl groups is 1. The molecule has 1 heterocycles. The van der Waals surface area contributed by atoms with Crippen LogP contribution in [0.5, 0.6) is 0 Å². The van der Waals surface area contributed by atoms with Gasteiger partial charge in [0.05, 0.1) is 12.5 Å². The maximum atomic E-state index is 13.7. The van der Waals surface area contributed by atoms with Crippen LogP contribution in [0.2, 0.25) is 5.28 Å². The first-order chi connectivity index (χ1) is 15.9. The van der Waals surface area contributed by atoms with Gasteiger partial charge < -0.3 is 20.1 Å². The van der Waals surface area contributed by atoms with Crippen molar-refractivity contribution in [3.63, 3.8) is 0 Å². The highest BCUT2D eigenvalue weighted by Gasteiger charge is 2.27. The Morgan fingerprint density at radius 1 is 1.24 bits per heavy atom. The van der Waals surface area contributed by atoms with E-state index in [2.05, 4.69) is 22.1 Å². The van der Waals surface area contributed by atoms with Gasteiger partial charge in [-0.1, -0.05) is 12.0 Å². The average molecular weight is 494 g/mol. The van der Waals surface area contributed by atoms with Gasteiger partial charge in [0.1, 0.15) is 17.0 Å². The summed E-state index contributed by atoms with van der Waals surface area (Å²) in [5, 5.41) is 21.9. The van der Waals surface area contributed by atoms with Gasteiger partial charge in [0.15, 0.2) is 11.6 Å². The zero-order chi connectivity index (χ0) is 25.0. The normalized spacial score (nSPS) is 18.2. The first-order valence-corrected chi connectivity index (χ1v) is 11.3. The van der Waals surface area contributed by atoms with Gasteiger partial charge in [-0.2, -0.15) is 0 Å². The lowest BCUT2D eigenvalue weighted by Gasteiger charge is -2.26. The van der Waals surface area contributed by atoms with E-state index in [4.69, 9.17) is 16.7 Å². The molecule has 0 aliphatic heterocycles. The van der Waals surface area contributed by atoms with Crippen molar-refractivity contribution in [2.24, 2.45) is 11.8 Å². The summed E-state index contributed by atoms with van der Waals surface area (Å²) < 4.78 is 28.4. The molecule has 1 amide bonds. The summed E-state index contributed by atoms with van der Waals surface area (Å²) >= 11 is 6.28. The molecule has 1 aromatic carbocycles. The Labute approximate surface area is 201 Å². The van der Waals surface area contributed by atoms with E-state index < -0.39 is 29.1 Å². The average Bonchev–Trinajstić information content (AvgIpc) is 3.08. The number of aliphatic carboxylic acids is 1. The number of nitrogens with zero attached hydrogens (tertiary/aromatic N) is 2. The van der Waals surface area contributed by atoms with Crippen molar-refractivity contribution in [1.82, 2.24) is 14.9 Å².